The number of rotatable bonds is 4. The van der Waals surface area contributed by atoms with Gasteiger partial charge in [0.25, 0.3) is 0 Å². The molecule has 4 heteroatoms. The molecular weight excluding hydrogens is 248 g/mol. The molecule has 0 saturated heterocycles. The Kier molecular flexibility index (Phi) is 4.00. The number of benzene rings is 1. The van der Waals surface area contributed by atoms with Gasteiger partial charge in [-0.15, -0.1) is 0 Å². The van der Waals surface area contributed by atoms with Crippen LogP contribution < -0.4 is 5.32 Å². The van der Waals surface area contributed by atoms with Crippen LogP contribution in [-0.4, -0.2) is 15.2 Å². The number of aromatic amines is 1. The molecule has 2 N–H and O–H groups in total. The van der Waals surface area contributed by atoms with Gasteiger partial charge < -0.3 is 5.32 Å². The highest BCUT2D eigenvalue weighted by atomic mass is 15.2. The number of H-pyrrole nitrogens is 1. The van der Waals surface area contributed by atoms with Crippen molar-refractivity contribution in [2.24, 2.45) is 0 Å². The molecule has 0 unspecified atom stereocenters. The molecule has 2 aromatic rings. The Morgan fingerprint density at radius 3 is 2.65 bits per heavy atom. The van der Waals surface area contributed by atoms with Crippen LogP contribution in [0, 0.1) is 6.92 Å². The lowest BCUT2D eigenvalue weighted by Gasteiger charge is -2.18. The third kappa shape index (κ3) is 3.18. The minimum atomic E-state index is 0.563. The zero-order valence-corrected chi connectivity index (χ0v) is 12.0. The van der Waals surface area contributed by atoms with Gasteiger partial charge in [-0.3, -0.25) is 5.10 Å². The van der Waals surface area contributed by atoms with E-state index in [9.17, 15) is 0 Å². The third-order valence-electron chi connectivity index (χ3n) is 4.03. The average molecular weight is 270 g/mol. The van der Waals surface area contributed by atoms with Gasteiger partial charge in [0, 0.05) is 11.6 Å². The molecule has 0 aliphatic heterocycles. The van der Waals surface area contributed by atoms with Crippen molar-refractivity contribution in [3.8, 4) is 0 Å². The first-order valence-corrected chi connectivity index (χ1v) is 7.53. The van der Waals surface area contributed by atoms with Crippen molar-refractivity contribution in [2.45, 2.75) is 51.5 Å². The summed E-state index contributed by atoms with van der Waals surface area (Å²) in [4.78, 5) is 4.64. The maximum absolute atomic E-state index is 4.64. The Morgan fingerprint density at radius 2 is 1.90 bits per heavy atom. The Hall–Kier alpha value is -1.84. The zero-order valence-electron chi connectivity index (χ0n) is 12.0. The summed E-state index contributed by atoms with van der Waals surface area (Å²) >= 11 is 0. The number of nitrogens with one attached hydrogen (secondary N) is 2. The van der Waals surface area contributed by atoms with E-state index in [4.69, 9.17) is 0 Å². The summed E-state index contributed by atoms with van der Waals surface area (Å²) < 4.78 is 0. The molecule has 4 nitrogen and oxygen atoms in total. The standard InChI is InChI=1S/C16H22N4/c1-12-7-9-14(10-8-12)17-11-15-18-16(20-19-15)13-5-3-2-4-6-13/h7-10,13,17H,2-6,11H2,1H3,(H,18,19,20). The van der Waals surface area contributed by atoms with Gasteiger partial charge >= 0.3 is 0 Å². The first-order chi connectivity index (χ1) is 9.81. The summed E-state index contributed by atoms with van der Waals surface area (Å²) in [5, 5.41) is 10.8. The van der Waals surface area contributed by atoms with Crippen molar-refractivity contribution in [1.82, 2.24) is 15.2 Å². The first-order valence-electron chi connectivity index (χ1n) is 7.53. The molecular formula is C16H22N4. The minimum absolute atomic E-state index is 0.563. The summed E-state index contributed by atoms with van der Waals surface area (Å²) in [6.45, 7) is 2.79. The van der Waals surface area contributed by atoms with Gasteiger partial charge in [0.2, 0.25) is 0 Å². The number of anilines is 1. The van der Waals surface area contributed by atoms with E-state index in [0.717, 1.165) is 17.3 Å². The quantitative estimate of drug-likeness (QED) is 0.889. The maximum atomic E-state index is 4.64. The van der Waals surface area contributed by atoms with Crippen LogP contribution >= 0.6 is 0 Å². The lowest BCUT2D eigenvalue weighted by molar-refractivity contribution is 0.429. The van der Waals surface area contributed by atoms with E-state index in [2.05, 4.69) is 51.7 Å². The molecule has 1 fully saturated rings. The van der Waals surface area contributed by atoms with E-state index in [1.165, 1.54) is 37.7 Å². The smallest absolute Gasteiger partial charge is 0.153 e. The molecule has 1 heterocycles. The van der Waals surface area contributed by atoms with Gasteiger partial charge in [-0.05, 0) is 31.9 Å². The van der Waals surface area contributed by atoms with Crippen molar-refractivity contribution < 1.29 is 0 Å². The Labute approximate surface area is 120 Å². The van der Waals surface area contributed by atoms with Crippen LogP contribution in [0.25, 0.3) is 0 Å². The van der Waals surface area contributed by atoms with Crippen LogP contribution in [-0.2, 0) is 6.54 Å². The molecule has 0 radical (unpaired) electrons. The predicted molar refractivity (Wildman–Crippen MR) is 80.7 cm³/mol. The van der Waals surface area contributed by atoms with Gasteiger partial charge in [-0.25, -0.2) is 4.98 Å². The largest absolute Gasteiger partial charge is 0.378 e. The Balaban J connectivity index is 1.58. The Bertz CT molecular complexity index is 538. The maximum Gasteiger partial charge on any atom is 0.153 e. The van der Waals surface area contributed by atoms with E-state index in [-0.39, 0.29) is 0 Å². The van der Waals surface area contributed by atoms with Gasteiger partial charge in [-0.1, -0.05) is 37.0 Å². The lowest BCUT2D eigenvalue weighted by atomic mass is 9.89. The van der Waals surface area contributed by atoms with E-state index < -0.39 is 0 Å². The molecule has 1 aliphatic carbocycles. The van der Waals surface area contributed by atoms with Crippen LogP contribution in [0.5, 0.6) is 0 Å². The summed E-state index contributed by atoms with van der Waals surface area (Å²) in [5.41, 5.74) is 2.39. The van der Waals surface area contributed by atoms with Crippen molar-refractivity contribution >= 4 is 5.69 Å². The molecule has 3 rings (SSSR count). The molecule has 106 valence electrons. The number of nitrogens with zero attached hydrogens (tertiary/aromatic N) is 2. The number of hydrogen-bond donors (Lipinski definition) is 2. The molecule has 1 aromatic heterocycles. The fourth-order valence-corrected chi connectivity index (χ4v) is 2.79. The number of aromatic nitrogens is 3. The summed E-state index contributed by atoms with van der Waals surface area (Å²) in [5.74, 6) is 2.49. The molecule has 0 amide bonds. The van der Waals surface area contributed by atoms with E-state index in [1.807, 2.05) is 0 Å². The highest BCUT2D eigenvalue weighted by Crippen LogP contribution is 2.30. The van der Waals surface area contributed by atoms with Gasteiger partial charge in [0.05, 0.1) is 6.54 Å². The van der Waals surface area contributed by atoms with E-state index >= 15 is 0 Å². The molecule has 0 atom stereocenters. The summed E-state index contributed by atoms with van der Waals surface area (Å²) in [6.07, 6.45) is 6.47. The lowest BCUT2D eigenvalue weighted by Crippen LogP contribution is -2.06. The first kappa shape index (κ1) is 13.2. The third-order valence-corrected chi connectivity index (χ3v) is 4.03. The fourth-order valence-electron chi connectivity index (χ4n) is 2.79. The van der Waals surface area contributed by atoms with Gasteiger partial charge in [-0.2, -0.15) is 5.10 Å². The van der Waals surface area contributed by atoms with Crippen LogP contribution in [0.4, 0.5) is 5.69 Å². The molecule has 1 saturated carbocycles. The van der Waals surface area contributed by atoms with Crippen LogP contribution in [0.2, 0.25) is 0 Å². The molecule has 20 heavy (non-hydrogen) atoms. The van der Waals surface area contributed by atoms with Crippen LogP contribution in [0.15, 0.2) is 24.3 Å². The fraction of sp³-hybridized carbons (Fsp3) is 0.500. The van der Waals surface area contributed by atoms with Crippen molar-refractivity contribution in [3.05, 3.63) is 41.5 Å². The number of hydrogen-bond acceptors (Lipinski definition) is 3. The highest BCUT2D eigenvalue weighted by Gasteiger charge is 2.19. The summed E-state index contributed by atoms with van der Waals surface area (Å²) in [6, 6.07) is 8.40. The number of aryl methyl sites for hydroxylation is 1. The zero-order chi connectivity index (χ0) is 13.8. The van der Waals surface area contributed by atoms with Crippen molar-refractivity contribution in [3.63, 3.8) is 0 Å². The van der Waals surface area contributed by atoms with Gasteiger partial charge in [0.1, 0.15) is 5.82 Å². The van der Waals surface area contributed by atoms with Crippen molar-refractivity contribution in [1.29, 1.82) is 0 Å². The van der Waals surface area contributed by atoms with Crippen LogP contribution in [0.1, 0.15) is 55.2 Å². The van der Waals surface area contributed by atoms with Crippen molar-refractivity contribution in [2.75, 3.05) is 5.32 Å². The van der Waals surface area contributed by atoms with E-state index in [1.54, 1.807) is 0 Å². The van der Waals surface area contributed by atoms with Crippen LogP contribution in [0.3, 0.4) is 0 Å². The van der Waals surface area contributed by atoms with Gasteiger partial charge in [0.15, 0.2) is 5.82 Å². The Morgan fingerprint density at radius 1 is 1.15 bits per heavy atom. The summed E-state index contributed by atoms with van der Waals surface area (Å²) in [7, 11) is 0. The monoisotopic (exact) mass is 270 g/mol. The average Bonchev–Trinajstić information content (AvgIpc) is 2.97. The SMILES string of the molecule is Cc1ccc(NCc2nc(C3CCCCC3)n[nH]2)cc1. The minimum Gasteiger partial charge on any atom is -0.378 e. The second-order valence-electron chi connectivity index (χ2n) is 5.69. The van der Waals surface area contributed by atoms with E-state index in [0.29, 0.717) is 12.5 Å². The predicted octanol–water partition coefficient (Wildman–Crippen LogP) is 3.77. The molecule has 0 spiro atoms. The molecule has 0 bridgehead atoms. The molecule has 1 aliphatic rings. The second-order valence-corrected chi connectivity index (χ2v) is 5.69. The normalized spacial score (nSPS) is 16.2. The highest BCUT2D eigenvalue weighted by molar-refractivity contribution is 5.44. The topological polar surface area (TPSA) is 53.6 Å². The second kappa shape index (κ2) is 6.07. The molecule has 1 aromatic carbocycles.